The minimum atomic E-state index is -0.200. The first-order valence-electron chi connectivity index (χ1n) is 14.4. The van der Waals surface area contributed by atoms with E-state index in [-0.39, 0.29) is 34.1 Å². The standard InChI is InChI=1S/C30H50O3/c1-7-26(4)19-8-11-28(6)20(27(19,5)12-10-23(26)31)9-13-30-21(28)16-24(32)29(18-33-30)15-14-25(2,3)17-22(29)30/h19-24,31-32H,7-18H2,1-6H3. The monoisotopic (exact) mass is 458 g/mol. The van der Waals surface area contributed by atoms with Crippen LogP contribution in [-0.2, 0) is 4.74 Å². The van der Waals surface area contributed by atoms with Crippen LogP contribution in [0, 0.1) is 50.7 Å². The highest BCUT2D eigenvalue weighted by Crippen LogP contribution is 2.76. The lowest BCUT2D eigenvalue weighted by molar-refractivity contribution is -0.259. The molecule has 5 aliphatic carbocycles. The summed E-state index contributed by atoms with van der Waals surface area (Å²) in [5.74, 6) is 2.29. The van der Waals surface area contributed by atoms with Gasteiger partial charge < -0.3 is 14.9 Å². The van der Waals surface area contributed by atoms with Crippen LogP contribution in [0.15, 0.2) is 0 Å². The zero-order valence-corrected chi connectivity index (χ0v) is 22.3. The Morgan fingerprint density at radius 2 is 1.39 bits per heavy atom. The lowest BCUT2D eigenvalue weighted by Gasteiger charge is -2.71. The average Bonchev–Trinajstić information content (AvgIpc) is 3.00. The van der Waals surface area contributed by atoms with E-state index in [4.69, 9.17) is 4.74 Å². The van der Waals surface area contributed by atoms with E-state index >= 15 is 0 Å². The lowest BCUT2D eigenvalue weighted by Crippen LogP contribution is -2.69. The largest absolute Gasteiger partial charge is 0.393 e. The second kappa shape index (κ2) is 6.80. The van der Waals surface area contributed by atoms with Gasteiger partial charge in [-0.3, -0.25) is 0 Å². The number of ether oxygens (including phenoxy) is 1. The normalized spacial score (nSPS) is 61.5. The molecule has 1 spiro atoms. The molecule has 0 aromatic carbocycles. The van der Waals surface area contributed by atoms with Crippen molar-refractivity contribution in [3.05, 3.63) is 0 Å². The molecule has 11 atom stereocenters. The molecule has 6 aliphatic rings. The summed E-state index contributed by atoms with van der Waals surface area (Å²) < 4.78 is 7.03. The first-order valence-corrected chi connectivity index (χ1v) is 14.4. The van der Waals surface area contributed by atoms with Crippen LogP contribution in [0.4, 0.5) is 0 Å². The van der Waals surface area contributed by atoms with Gasteiger partial charge in [-0.15, -0.1) is 0 Å². The average molecular weight is 459 g/mol. The molecule has 11 unspecified atom stereocenters. The predicted octanol–water partition coefficient (Wildman–Crippen LogP) is 6.35. The van der Waals surface area contributed by atoms with Crippen LogP contribution in [-0.4, -0.2) is 34.6 Å². The highest BCUT2D eigenvalue weighted by molar-refractivity contribution is 5.24. The maximum absolute atomic E-state index is 11.7. The fourth-order valence-electron chi connectivity index (χ4n) is 11.9. The minimum Gasteiger partial charge on any atom is -0.393 e. The highest BCUT2D eigenvalue weighted by Gasteiger charge is 2.75. The molecule has 3 heteroatoms. The summed E-state index contributed by atoms with van der Waals surface area (Å²) in [4.78, 5) is 0. The smallest absolute Gasteiger partial charge is 0.0752 e. The van der Waals surface area contributed by atoms with Crippen molar-refractivity contribution in [3.63, 3.8) is 0 Å². The van der Waals surface area contributed by atoms with Crippen molar-refractivity contribution in [1.29, 1.82) is 0 Å². The second-order valence-corrected chi connectivity index (χ2v) is 15.3. The minimum absolute atomic E-state index is 0.00634. The van der Waals surface area contributed by atoms with E-state index in [1.807, 2.05) is 0 Å². The first-order chi connectivity index (χ1) is 15.4. The van der Waals surface area contributed by atoms with Gasteiger partial charge >= 0.3 is 0 Å². The van der Waals surface area contributed by atoms with E-state index in [0.29, 0.717) is 34.5 Å². The van der Waals surface area contributed by atoms with Gasteiger partial charge in [0.2, 0.25) is 0 Å². The van der Waals surface area contributed by atoms with Gasteiger partial charge in [-0.05, 0) is 116 Å². The quantitative estimate of drug-likeness (QED) is 0.481. The van der Waals surface area contributed by atoms with E-state index in [1.54, 1.807) is 0 Å². The van der Waals surface area contributed by atoms with E-state index in [9.17, 15) is 10.2 Å². The molecule has 0 aromatic heterocycles. The zero-order valence-electron chi connectivity index (χ0n) is 22.3. The number of aliphatic hydroxyl groups excluding tert-OH is 2. The van der Waals surface area contributed by atoms with Crippen LogP contribution in [0.2, 0.25) is 0 Å². The Bertz CT molecular complexity index is 823. The fourth-order valence-corrected chi connectivity index (χ4v) is 11.9. The Balaban J connectivity index is 1.40. The molecule has 0 amide bonds. The molecule has 188 valence electrons. The van der Waals surface area contributed by atoms with Crippen LogP contribution < -0.4 is 0 Å². The molecular formula is C30H50O3. The van der Waals surface area contributed by atoms with Gasteiger partial charge in [0, 0.05) is 5.41 Å². The summed E-state index contributed by atoms with van der Waals surface area (Å²) in [6.45, 7) is 15.6. The van der Waals surface area contributed by atoms with Gasteiger partial charge in [0.05, 0.1) is 24.4 Å². The summed E-state index contributed by atoms with van der Waals surface area (Å²) in [7, 11) is 0. The van der Waals surface area contributed by atoms with Gasteiger partial charge in [-0.25, -0.2) is 0 Å². The number of hydrogen-bond donors (Lipinski definition) is 2. The maximum atomic E-state index is 11.7. The van der Waals surface area contributed by atoms with Crippen molar-refractivity contribution in [2.24, 2.45) is 50.7 Å². The highest BCUT2D eigenvalue weighted by atomic mass is 16.5. The molecule has 0 radical (unpaired) electrons. The number of fused-ring (bicyclic) bond motifs is 4. The summed E-state index contributed by atoms with van der Waals surface area (Å²) in [5, 5.41) is 22.8. The summed E-state index contributed by atoms with van der Waals surface area (Å²) >= 11 is 0. The Kier molecular flexibility index (Phi) is 4.80. The number of rotatable bonds is 1. The molecule has 6 rings (SSSR count). The fraction of sp³-hybridized carbons (Fsp3) is 1.00. The molecule has 2 N–H and O–H groups in total. The first kappa shape index (κ1) is 23.3. The van der Waals surface area contributed by atoms with E-state index < -0.39 is 0 Å². The Hall–Kier alpha value is -0.120. The lowest BCUT2D eigenvalue weighted by atomic mass is 9.34. The van der Waals surface area contributed by atoms with Crippen molar-refractivity contribution < 1.29 is 14.9 Å². The third-order valence-electron chi connectivity index (χ3n) is 13.9. The third kappa shape index (κ3) is 2.64. The van der Waals surface area contributed by atoms with Crippen LogP contribution in [0.1, 0.15) is 112 Å². The van der Waals surface area contributed by atoms with Crippen molar-refractivity contribution in [2.75, 3.05) is 6.61 Å². The molecule has 0 aromatic rings. The van der Waals surface area contributed by atoms with Gasteiger partial charge in [0.1, 0.15) is 0 Å². The van der Waals surface area contributed by atoms with Crippen LogP contribution >= 0.6 is 0 Å². The van der Waals surface area contributed by atoms with Crippen molar-refractivity contribution in [1.82, 2.24) is 0 Å². The topological polar surface area (TPSA) is 49.7 Å². The van der Waals surface area contributed by atoms with E-state index in [0.717, 1.165) is 38.7 Å². The predicted molar refractivity (Wildman–Crippen MR) is 132 cm³/mol. The molecule has 6 fully saturated rings. The van der Waals surface area contributed by atoms with Gasteiger partial charge in [0.15, 0.2) is 0 Å². The Labute approximate surface area is 202 Å². The van der Waals surface area contributed by atoms with Crippen LogP contribution in [0.3, 0.4) is 0 Å². The molecule has 5 saturated carbocycles. The van der Waals surface area contributed by atoms with Crippen molar-refractivity contribution in [3.8, 4) is 0 Å². The molecule has 3 nitrogen and oxygen atoms in total. The zero-order chi connectivity index (χ0) is 23.7. The molecule has 1 heterocycles. The third-order valence-corrected chi connectivity index (χ3v) is 13.9. The number of hydrogen-bond acceptors (Lipinski definition) is 3. The van der Waals surface area contributed by atoms with Crippen LogP contribution in [0.5, 0.6) is 0 Å². The summed E-state index contributed by atoms with van der Waals surface area (Å²) in [6.07, 6.45) is 12.3. The Morgan fingerprint density at radius 3 is 2.12 bits per heavy atom. The molecule has 33 heavy (non-hydrogen) atoms. The molecular weight excluding hydrogens is 408 g/mol. The maximum Gasteiger partial charge on any atom is 0.0752 e. The van der Waals surface area contributed by atoms with E-state index in [1.165, 1.54) is 38.5 Å². The molecule has 1 saturated heterocycles. The number of aliphatic hydroxyl groups is 2. The molecule has 1 aliphatic heterocycles. The molecule has 2 bridgehead atoms. The summed E-state index contributed by atoms with van der Waals surface area (Å²) in [6, 6.07) is 0. The van der Waals surface area contributed by atoms with Gasteiger partial charge in [-0.1, -0.05) is 41.5 Å². The van der Waals surface area contributed by atoms with E-state index in [2.05, 4.69) is 41.5 Å². The van der Waals surface area contributed by atoms with Gasteiger partial charge in [-0.2, -0.15) is 0 Å². The summed E-state index contributed by atoms with van der Waals surface area (Å²) in [5.41, 5.74) is 0.948. The van der Waals surface area contributed by atoms with Crippen molar-refractivity contribution in [2.45, 2.75) is 130 Å². The second-order valence-electron chi connectivity index (χ2n) is 15.3. The van der Waals surface area contributed by atoms with Crippen LogP contribution in [0.25, 0.3) is 0 Å². The SMILES string of the molecule is CCC1(C)C(O)CCC2(C)C1CCC1(C)C2CCC23OCC4(CCC(C)(C)CC42)C(O)CC13. The van der Waals surface area contributed by atoms with Crippen molar-refractivity contribution >= 4 is 0 Å². The Morgan fingerprint density at radius 1 is 0.727 bits per heavy atom. The van der Waals surface area contributed by atoms with Gasteiger partial charge in [0.25, 0.3) is 0 Å².